The number of nitrogen functional groups attached to an aromatic ring is 1. The molecule has 0 saturated heterocycles. The fraction of sp³-hybridized carbons (Fsp3) is 0.111. The number of rotatable bonds is 0. The van der Waals surface area contributed by atoms with E-state index < -0.39 is 11.9 Å². The van der Waals surface area contributed by atoms with Crippen LogP contribution in [0.4, 0.5) is 18.9 Å². The van der Waals surface area contributed by atoms with Gasteiger partial charge in [0.15, 0.2) is 11.3 Å². The van der Waals surface area contributed by atoms with Gasteiger partial charge in [0.2, 0.25) is 0 Å². The maximum absolute atomic E-state index is 12.4. The van der Waals surface area contributed by atoms with Crippen molar-refractivity contribution in [2.24, 2.45) is 0 Å². The van der Waals surface area contributed by atoms with Crippen LogP contribution < -0.4 is 5.73 Å². The molecule has 2 N–H and O–H groups in total. The Morgan fingerprint density at radius 1 is 1.18 bits per heavy atom. The summed E-state index contributed by atoms with van der Waals surface area (Å²) in [7, 11) is 0. The van der Waals surface area contributed by atoms with Crippen LogP contribution in [0.1, 0.15) is 5.69 Å². The lowest BCUT2D eigenvalue weighted by Gasteiger charge is -2.09. The number of halogens is 5. The molecule has 0 amide bonds. The third-order valence-electron chi connectivity index (χ3n) is 1.89. The highest BCUT2D eigenvalue weighted by atomic mass is 35.5. The Morgan fingerprint density at radius 2 is 1.82 bits per heavy atom. The Hall–Kier alpha value is -1.27. The Balaban J connectivity index is 0.00000128. The number of hydrogen-bond acceptors (Lipinski definition) is 3. The fourth-order valence-electron chi connectivity index (χ4n) is 1.25. The van der Waals surface area contributed by atoms with E-state index in [1.165, 1.54) is 12.3 Å². The molecule has 0 aliphatic rings. The third kappa shape index (κ3) is 3.10. The molecule has 2 aromatic rings. The zero-order valence-electron chi connectivity index (χ0n) is 8.23. The molecule has 2 aromatic heterocycles. The Labute approximate surface area is 107 Å². The SMILES string of the molecule is Cl.Cl.Nc1cc2cccnc2nc1C(F)(F)F. The number of hydrogen-bond donors (Lipinski definition) is 1. The van der Waals surface area contributed by atoms with E-state index in [1.54, 1.807) is 12.1 Å². The predicted molar refractivity (Wildman–Crippen MR) is 63.4 cm³/mol. The largest absolute Gasteiger partial charge is 0.435 e. The van der Waals surface area contributed by atoms with E-state index in [0.29, 0.717) is 5.39 Å². The minimum atomic E-state index is -4.55. The maximum atomic E-state index is 12.4. The second-order valence-corrected chi connectivity index (χ2v) is 2.97. The van der Waals surface area contributed by atoms with Crippen molar-refractivity contribution in [3.8, 4) is 0 Å². The first-order valence-electron chi connectivity index (χ1n) is 4.07. The van der Waals surface area contributed by atoms with Crippen molar-refractivity contribution in [3.63, 3.8) is 0 Å². The van der Waals surface area contributed by atoms with E-state index in [2.05, 4.69) is 9.97 Å². The van der Waals surface area contributed by atoms with Gasteiger partial charge < -0.3 is 5.73 Å². The van der Waals surface area contributed by atoms with Crippen molar-refractivity contribution < 1.29 is 13.2 Å². The topological polar surface area (TPSA) is 51.8 Å². The predicted octanol–water partition coefficient (Wildman–Crippen LogP) is 3.07. The summed E-state index contributed by atoms with van der Waals surface area (Å²) < 4.78 is 37.2. The highest BCUT2D eigenvalue weighted by molar-refractivity contribution is 5.85. The molecular formula is C9H8Cl2F3N3. The molecule has 0 unspecified atom stereocenters. The molecule has 8 heteroatoms. The molecule has 3 nitrogen and oxygen atoms in total. The first-order valence-corrected chi connectivity index (χ1v) is 4.07. The zero-order chi connectivity index (χ0) is 11.1. The molecule has 0 spiro atoms. The van der Waals surface area contributed by atoms with E-state index in [4.69, 9.17) is 5.73 Å². The van der Waals surface area contributed by atoms with Crippen LogP contribution in [0.5, 0.6) is 0 Å². The van der Waals surface area contributed by atoms with Crippen LogP contribution in [0, 0.1) is 0 Å². The summed E-state index contributed by atoms with van der Waals surface area (Å²) in [5.41, 5.74) is 3.83. The normalized spacial score (nSPS) is 10.5. The van der Waals surface area contributed by atoms with Crippen molar-refractivity contribution in [3.05, 3.63) is 30.1 Å². The maximum Gasteiger partial charge on any atom is 0.435 e. The molecule has 2 heterocycles. The van der Waals surface area contributed by atoms with Crippen molar-refractivity contribution >= 4 is 41.5 Å². The summed E-state index contributed by atoms with van der Waals surface area (Å²) in [6.45, 7) is 0. The van der Waals surface area contributed by atoms with Gasteiger partial charge in [0.1, 0.15) is 0 Å². The molecule has 94 valence electrons. The molecule has 0 fully saturated rings. The molecule has 0 aliphatic heterocycles. The number of fused-ring (bicyclic) bond motifs is 1. The highest BCUT2D eigenvalue weighted by Crippen LogP contribution is 2.33. The Kier molecular flexibility index (Phi) is 4.97. The van der Waals surface area contributed by atoms with Crippen LogP contribution in [0.3, 0.4) is 0 Å². The zero-order valence-corrected chi connectivity index (χ0v) is 9.86. The van der Waals surface area contributed by atoms with Crippen molar-refractivity contribution in [1.82, 2.24) is 9.97 Å². The number of alkyl halides is 3. The first kappa shape index (κ1) is 15.7. The molecule has 0 saturated carbocycles. The summed E-state index contributed by atoms with van der Waals surface area (Å²) >= 11 is 0. The second-order valence-electron chi connectivity index (χ2n) is 2.97. The molecule has 0 bridgehead atoms. The smallest absolute Gasteiger partial charge is 0.397 e. The van der Waals surface area contributed by atoms with Gasteiger partial charge in [-0.25, -0.2) is 9.97 Å². The number of pyridine rings is 2. The van der Waals surface area contributed by atoms with Gasteiger partial charge in [-0.3, -0.25) is 0 Å². The lowest BCUT2D eigenvalue weighted by molar-refractivity contribution is -0.140. The number of nitrogens with zero attached hydrogens (tertiary/aromatic N) is 2. The molecule has 0 aliphatic carbocycles. The lowest BCUT2D eigenvalue weighted by Crippen LogP contribution is -2.12. The summed E-state index contributed by atoms with van der Waals surface area (Å²) in [5.74, 6) is 0. The van der Waals surface area contributed by atoms with Gasteiger partial charge >= 0.3 is 6.18 Å². The molecule has 0 atom stereocenters. The Morgan fingerprint density at radius 3 is 2.41 bits per heavy atom. The fourth-order valence-corrected chi connectivity index (χ4v) is 1.25. The Bertz CT molecular complexity index is 516. The number of anilines is 1. The third-order valence-corrected chi connectivity index (χ3v) is 1.89. The average Bonchev–Trinajstić information content (AvgIpc) is 2.15. The summed E-state index contributed by atoms with van der Waals surface area (Å²) in [6.07, 6.45) is -3.17. The van der Waals surface area contributed by atoms with Crippen molar-refractivity contribution in [2.75, 3.05) is 5.73 Å². The van der Waals surface area contributed by atoms with Crippen molar-refractivity contribution in [1.29, 1.82) is 0 Å². The van der Waals surface area contributed by atoms with Gasteiger partial charge in [-0.15, -0.1) is 24.8 Å². The second kappa shape index (κ2) is 5.37. The van der Waals surface area contributed by atoms with Gasteiger partial charge in [-0.2, -0.15) is 13.2 Å². The first-order chi connectivity index (χ1) is 6.98. The minimum absolute atomic E-state index is 0. The molecule has 0 aromatic carbocycles. The van der Waals surface area contributed by atoms with Crippen LogP contribution in [0.2, 0.25) is 0 Å². The summed E-state index contributed by atoms with van der Waals surface area (Å²) in [5, 5.41) is 0.489. The van der Waals surface area contributed by atoms with Crippen LogP contribution >= 0.6 is 24.8 Å². The van der Waals surface area contributed by atoms with E-state index in [1.807, 2.05) is 0 Å². The van der Waals surface area contributed by atoms with E-state index >= 15 is 0 Å². The monoisotopic (exact) mass is 285 g/mol. The van der Waals surface area contributed by atoms with Crippen LogP contribution in [0.25, 0.3) is 11.0 Å². The van der Waals surface area contributed by atoms with Crippen LogP contribution in [-0.4, -0.2) is 9.97 Å². The molecule has 17 heavy (non-hydrogen) atoms. The number of nitrogens with two attached hydrogens (primary N) is 1. The summed E-state index contributed by atoms with van der Waals surface area (Å²) in [4.78, 5) is 7.11. The quantitative estimate of drug-likeness (QED) is 0.809. The highest BCUT2D eigenvalue weighted by Gasteiger charge is 2.35. The van der Waals surface area contributed by atoms with E-state index in [-0.39, 0.29) is 36.1 Å². The minimum Gasteiger partial charge on any atom is -0.397 e. The van der Waals surface area contributed by atoms with Gasteiger partial charge in [0, 0.05) is 11.6 Å². The van der Waals surface area contributed by atoms with Crippen LogP contribution in [-0.2, 0) is 6.18 Å². The lowest BCUT2D eigenvalue weighted by atomic mass is 10.2. The van der Waals surface area contributed by atoms with E-state index in [0.717, 1.165) is 0 Å². The standard InChI is InChI=1S/C9H6F3N3.2ClH/c10-9(11,12)7-6(13)4-5-2-1-3-14-8(5)15-7;;/h1-4H,13H2;2*1H. The molecular weight excluding hydrogens is 278 g/mol. The van der Waals surface area contributed by atoms with Crippen molar-refractivity contribution in [2.45, 2.75) is 6.18 Å². The van der Waals surface area contributed by atoms with Gasteiger partial charge in [0.05, 0.1) is 5.69 Å². The van der Waals surface area contributed by atoms with Gasteiger partial charge in [-0.05, 0) is 18.2 Å². The molecule has 0 radical (unpaired) electrons. The van der Waals surface area contributed by atoms with Gasteiger partial charge in [0.25, 0.3) is 0 Å². The summed E-state index contributed by atoms with van der Waals surface area (Å²) in [6, 6.07) is 4.43. The molecule has 2 rings (SSSR count). The van der Waals surface area contributed by atoms with E-state index in [9.17, 15) is 13.2 Å². The van der Waals surface area contributed by atoms with Gasteiger partial charge in [-0.1, -0.05) is 0 Å². The average molecular weight is 286 g/mol. The van der Waals surface area contributed by atoms with Crippen LogP contribution in [0.15, 0.2) is 24.4 Å². The number of aromatic nitrogens is 2.